The molecule has 0 aromatic heterocycles. The number of nitrogens with zero attached hydrogens (tertiary/aromatic N) is 1. The molecular weight excluding hydrogens is 312 g/mol. The van der Waals surface area contributed by atoms with Crippen LogP contribution >= 0.6 is 0 Å². The van der Waals surface area contributed by atoms with Crippen LogP contribution in [0.4, 0.5) is 11.4 Å². The van der Waals surface area contributed by atoms with Crippen molar-refractivity contribution in [2.24, 2.45) is 5.92 Å². The number of hydrogen-bond acceptors (Lipinski definition) is 4. The first-order valence-corrected chi connectivity index (χ1v) is 8.69. The molecule has 0 aliphatic heterocycles. The Kier molecular flexibility index (Phi) is 4.85. The SMILES string of the molecule is [CH2]c1cccc(N(CC(C)C)S(=O)(=O)c2cccc(N)c2)c1O. The van der Waals surface area contributed by atoms with Crippen LogP contribution < -0.4 is 10.0 Å². The fourth-order valence-electron chi connectivity index (χ4n) is 2.24. The molecule has 0 aliphatic rings. The fraction of sp³-hybridized carbons (Fsp3) is 0.235. The van der Waals surface area contributed by atoms with Gasteiger partial charge in [0.2, 0.25) is 0 Å². The lowest BCUT2D eigenvalue weighted by Gasteiger charge is -2.27. The standard InChI is InChI=1S/C17H21N2O3S/c1-12(2)11-19(16-9-4-6-13(3)17(16)20)23(21,22)15-8-5-7-14(18)10-15/h4-10,12,20H,3,11,18H2,1-2H3. The maximum Gasteiger partial charge on any atom is 0.264 e. The van der Waals surface area contributed by atoms with Gasteiger partial charge in [-0.3, -0.25) is 4.31 Å². The average molecular weight is 333 g/mol. The molecule has 2 rings (SSSR count). The van der Waals surface area contributed by atoms with E-state index in [0.29, 0.717) is 11.3 Å². The highest BCUT2D eigenvalue weighted by Crippen LogP contribution is 2.34. The number of nitrogens with two attached hydrogens (primary N) is 1. The number of hydrogen-bond donors (Lipinski definition) is 2. The van der Waals surface area contributed by atoms with Crippen LogP contribution in [0.1, 0.15) is 19.4 Å². The zero-order valence-corrected chi connectivity index (χ0v) is 14.0. The van der Waals surface area contributed by atoms with E-state index in [1.807, 2.05) is 13.8 Å². The summed E-state index contributed by atoms with van der Waals surface area (Å²) < 4.78 is 27.3. The van der Waals surface area contributed by atoms with Gasteiger partial charge in [0.25, 0.3) is 10.0 Å². The highest BCUT2D eigenvalue weighted by molar-refractivity contribution is 7.92. The average Bonchev–Trinajstić information content (AvgIpc) is 2.48. The largest absolute Gasteiger partial charge is 0.505 e. The smallest absolute Gasteiger partial charge is 0.264 e. The van der Waals surface area contributed by atoms with Crippen molar-refractivity contribution in [3.05, 3.63) is 55.0 Å². The Bertz CT molecular complexity index is 801. The highest BCUT2D eigenvalue weighted by atomic mass is 32.2. The van der Waals surface area contributed by atoms with E-state index in [1.165, 1.54) is 16.4 Å². The monoisotopic (exact) mass is 333 g/mol. The summed E-state index contributed by atoms with van der Waals surface area (Å²) in [6.07, 6.45) is 0. The molecule has 0 amide bonds. The number of phenols is 1. The van der Waals surface area contributed by atoms with E-state index in [9.17, 15) is 13.5 Å². The molecular formula is C17H21N2O3S. The van der Waals surface area contributed by atoms with Crippen LogP contribution in [0.5, 0.6) is 5.75 Å². The second-order valence-electron chi connectivity index (χ2n) is 5.79. The van der Waals surface area contributed by atoms with E-state index in [0.717, 1.165) is 0 Å². The molecule has 5 nitrogen and oxygen atoms in total. The van der Waals surface area contributed by atoms with E-state index in [1.54, 1.807) is 30.3 Å². The lowest BCUT2D eigenvalue weighted by Crippen LogP contribution is -2.34. The van der Waals surface area contributed by atoms with Gasteiger partial charge in [0.15, 0.2) is 0 Å². The third-order valence-corrected chi connectivity index (χ3v) is 5.12. The van der Waals surface area contributed by atoms with Crippen molar-refractivity contribution in [1.29, 1.82) is 0 Å². The Morgan fingerprint density at radius 1 is 1.22 bits per heavy atom. The maximum atomic E-state index is 13.0. The minimum absolute atomic E-state index is 0.0682. The summed E-state index contributed by atoms with van der Waals surface area (Å²) in [6.45, 7) is 7.77. The van der Waals surface area contributed by atoms with Crippen LogP contribution in [0, 0.1) is 12.8 Å². The molecule has 6 heteroatoms. The summed E-state index contributed by atoms with van der Waals surface area (Å²) in [5.74, 6) is -0.0701. The maximum absolute atomic E-state index is 13.0. The van der Waals surface area contributed by atoms with Gasteiger partial charge in [-0.1, -0.05) is 32.0 Å². The van der Waals surface area contributed by atoms with E-state index >= 15 is 0 Å². The predicted molar refractivity (Wildman–Crippen MR) is 92.8 cm³/mol. The van der Waals surface area contributed by atoms with Crippen LogP contribution in [0.3, 0.4) is 0 Å². The number of benzene rings is 2. The molecule has 0 saturated carbocycles. The summed E-state index contributed by atoms with van der Waals surface area (Å²) in [4.78, 5) is 0.0898. The highest BCUT2D eigenvalue weighted by Gasteiger charge is 2.28. The molecule has 123 valence electrons. The van der Waals surface area contributed by atoms with Gasteiger partial charge in [-0.05, 0) is 42.7 Å². The lowest BCUT2D eigenvalue weighted by atomic mass is 10.1. The predicted octanol–water partition coefficient (Wildman–Crippen LogP) is 3.01. The Labute approximate surface area is 137 Å². The number of para-hydroxylation sites is 1. The van der Waals surface area contributed by atoms with Gasteiger partial charge >= 0.3 is 0 Å². The zero-order chi connectivity index (χ0) is 17.2. The first kappa shape index (κ1) is 17.1. The molecule has 0 heterocycles. The first-order chi connectivity index (χ1) is 10.7. The minimum Gasteiger partial charge on any atom is -0.505 e. The van der Waals surface area contributed by atoms with Crippen molar-refractivity contribution in [3.8, 4) is 5.75 Å². The molecule has 3 N–H and O–H groups in total. The molecule has 0 spiro atoms. The Balaban J connectivity index is 2.61. The van der Waals surface area contributed by atoms with Gasteiger partial charge in [-0.15, -0.1) is 0 Å². The molecule has 0 unspecified atom stereocenters. The molecule has 0 aliphatic carbocycles. The quantitative estimate of drug-likeness (QED) is 0.824. The number of rotatable bonds is 5. The molecule has 2 aromatic rings. The number of anilines is 2. The number of nitrogen functional groups attached to an aromatic ring is 1. The van der Waals surface area contributed by atoms with Crippen LogP contribution in [-0.4, -0.2) is 20.1 Å². The normalized spacial score (nSPS) is 11.7. The minimum atomic E-state index is -3.85. The van der Waals surface area contributed by atoms with Crippen molar-refractivity contribution < 1.29 is 13.5 Å². The lowest BCUT2D eigenvalue weighted by molar-refractivity contribution is 0.472. The molecule has 0 bridgehead atoms. The summed E-state index contributed by atoms with van der Waals surface area (Å²) in [6, 6.07) is 11.0. The summed E-state index contributed by atoms with van der Waals surface area (Å²) >= 11 is 0. The molecule has 1 radical (unpaired) electrons. The van der Waals surface area contributed by atoms with Gasteiger partial charge in [0, 0.05) is 12.2 Å². The van der Waals surface area contributed by atoms with E-state index in [4.69, 9.17) is 5.73 Å². The third kappa shape index (κ3) is 3.59. The summed E-state index contributed by atoms with van der Waals surface area (Å²) in [7, 11) is -3.85. The second kappa shape index (κ2) is 6.50. The van der Waals surface area contributed by atoms with Gasteiger partial charge in [-0.2, -0.15) is 0 Å². The zero-order valence-electron chi connectivity index (χ0n) is 13.2. The Hall–Kier alpha value is -2.21. The van der Waals surface area contributed by atoms with Crippen LogP contribution in [0.15, 0.2) is 47.4 Å². The van der Waals surface area contributed by atoms with Gasteiger partial charge in [-0.25, -0.2) is 8.42 Å². The third-order valence-electron chi connectivity index (χ3n) is 3.34. The first-order valence-electron chi connectivity index (χ1n) is 7.25. The second-order valence-corrected chi connectivity index (χ2v) is 7.65. The van der Waals surface area contributed by atoms with Crippen LogP contribution in [-0.2, 0) is 10.0 Å². The number of phenolic OH excluding ortho intramolecular Hbond substituents is 1. The van der Waals surface area contributed by atoms with Crippen molar-refractivity contribution >= 4 is 21.4 Å². The van der Waals surface area contributed by atoms with E-state index in [-0.39, 0.29) is 28.8 Å². The molecule has 0 atom stereocenters. The van der Waals surface area contributed by atoms with E-state index in [2.05, 4.69) is 6.92 Å². The Morgan fingerprint density at radius 3 is 2.48 bits per heavy atom. The summed E-state index contributed by atoms with van der Waals surface area (Å²) in [5.41, 5.74) is 6.66. The summed E-state index contributed by atoms with van der Waals surface area (Å²) in [5, 5.41) is 10.3. The van der Waals surface area contributed by atoms with Crippen molar-refractivity contribution in [1.82, 2.24) is 0 Å². The topological polar surface area (TPSA) is 83.6 Å². The van der Waals surface area contributed by atoms with Crippen molar-refractivity contribution in [2.45, 2.75) is 18.7 Å². The molecule has 0 saturated heterocycles. The Morgan fingerprint density at radius 2 is 1.87 bits per heavy atom. The van der Waals surface area contributed by atoms with Crippen molar-refractivity contribution in [2.75, 3.05) is 16.6 Å². The van der Waals surface area contributed by atoms with Crippen LogP contribution in [0.2, 0.25) is 0 Å². The number of sulfonamides is 1. The van der Waals surface area contributed by atoms with Gasteiger partial charge in [0.1, 0.15) is 5.75 Å². The van der Waals surface area contributed by atoms with Gasteiger partial charge < -0.3 is 10.8 Å². The molecule has 0 fully saturated rings. The van der Waals surface area contributed by atoms with Crippen LogP contribution in [0.25, 0.3) is 0 Å². The van der Waals surface area contributed by atoms with Crippen molar-refractivity contribution in [3.63, 3.8) is 0 Å². The van der Waals surface area contributed by atoms with Gasteiger partial charge in [0.05, 0.1) is 10.6 Å². The molecule has 23 heavy (non-hydrogen) atoms. The fourth-order valence-corrected chi connectivity index (χ4v) is 3.93. The molecule has 2 aromatic carbocycles. The van der Waals surface area contributed by atoms with E-state index < -0.39 is 10.0 Å². The number of aromatic hydroxyl groups is 1.